The fourth-order valence-electron chi connectivity index (χ4n) is 1.26. The van der Waals surface area contributed by atoms with E-state index in [-0.39, 0.29) is 16.9 Å². The summed E-state index contributed by atoms with van der Waals surface area (Å²) in [7, 11) is 0. The molecule has 0 radical (unpaired) electrons. The first-order valence-electron chi connectivity index (χ1n) is 4.80. The summed E-state index contributed by atoms with van der Waals surface area (Å²) in [6, 6.07) is 2.23. The van der Waals surface area contributed by atoms with E-state index < -0.39 is 29.3 Å². The first-order chi connectivity index (χ1) is 8.27. The Bertz CT molecular complexity index is 427. The Morgan fingerprint density at radius 1 is 1.39 bits per heavy atom. The Kier molecular flexibility index (Phi) is 5.24. The van der Waals surface area contributed by atoms with E-state index >= 15 is 0 Å². The van der Waals surface area contributed by atoms with E-state index in [2.05, 4.69) is 21.2 Å². The minimum Gasteiger partial charge on any atom is -0.390 e. The van der Waals surface area contributed by atoms with E-state index in [0.717, 1.165) is 12.1 Å². The SMILES string of the molecule is OC(CCl)CNc1ccc(Br)c(F)c1C(F)(F)F. The fraction of sp³-hybridized carbons (Fsp3) is 0.400. The number of benzene rings is 1. The third-order valence-electron chi connectivity index (χ3n) is 2.08. The van der Waals surface area contributed by atoms with Crippen molar-refractivity contribution in [1.82, 2.24) is 0 Å². The molecule has 1 aromatic carbocycles. The van der Waals surface area contributed by atoms with Gasteiger partial charge in [-0.2, -0.15) is 13.2 Å². The lowest BCUT2D eigenvalue weighted by atomic mass is 10.1. The van der Waals surface area contributed by atoms with Crippen LogP contribution in [0.15, 0.2) is 16.6 Å². The van der Waals surface area contributed by atoms with Crippen LogP contribution in [0.1, 0.15) is 5.56 Å². The molecule has 0 aromatic heterocycles. The lowest BCUT2D eigenvalue weighted by Gasteiger charge is -2.17. The van der Waals surface area contributed by atoms with E-state index in [9.17, 15) is 17.6 Å². The summed E-state index contributed by atoms with van der Waals surface area (Å²) in [6.45, 7) is -0.201. The second-order valence-electron chi connectivity index (χ2n) is 3.47. The molecule has 0 bridgehead atoms. The first-order valence-corrected chi connectivity index (χ1v) is 6.13. The predicted molar refractivity (Wildman–Crippen MR) is 64.3 cm³/mol. The van der Waals surface area contributed by atoms with Gasteiger partial charge in [-0.3, -0.25) is 0 Å². The van der Waals surface area contributed by atoms with Gasteiger partial charge in [-0.25, -0.2) is 4.39 Å². The van der Waals surface area contributed by atoms with E-state index in [1.165, 1.54) is 0 Å². The average Bonchev–Trinajstić information content (AvgIpc) is 2.28. The standard InChI is InChI=1S/C10H9BrClF4NO/c11-6-1-2-7(17-4-5(18)3-12)8(9(6)13)10(14,15)16/h1-2,5,17-18H,3-4H2. The Hall–Kier alpha value is -0.530. The molecule has 1 atom stereocenters. The summed E-state index contributed by atoms with van der Waals surface area (Å²) in [4.78, 5) is 0. The molecule has 18 heavy (non-hydrogen) atoms. The van der Waals surface area contributed by atoms with Crippen molar-refractivity contribution in [2.24, 2.45) is 0 Å². The van der Waals surface area contributed by atoms with Crippen LogP contribution in [0.3, 0.4) is 0 Å². The van der Waals surface area contributed by atoms with Crippen molar-refractivity contribution in [3.8, 4) is 0 Å². The van der Waals surface area contributed by atoms with E-state index in [0.29, 0.717) is 0 Å². The number of rotatable bonds is 4. The van der Waals surface area contributed by atoms with Crippen molar-refractivity contribution in [2.75, 3.05) is 17.7 Å². The summed E-state index contributed by atoms with van der Waals surface area (Å²) >= 11 is 8.00. The van der Waals surface area contributed by atoms with E-state index in [1.807, 2.05) is 0 Å². The molecule has 8 heteroatoms. The van der Waals surface area contributed by atoms with E-state index in [1.54, 1.807) is 0 Å². The van der Waals surface area contributed by atoms with Crippen molar-refractivity contribution in [3.63, 3.8) is 0 Å². The summed E-state index contributed by atoms with van der Waals surface area (Å²) in [5.74, 6) is -1.53. The van der Waals surface area contributed by atoms with Gasteiger partial charge in [-0.15, -0.1) is 11.6 Å². The zero-order chi connectivity index (χ0) is 13.9. The highest BCUT2D eigenvalue weighted by Gasteiger charge is 2.38. The maximum atomic E-state index is 13.5. The van der Waals surface area contributed by atoms with Gasteiger partial charge in [-0.05, 0) is 28.1 Å². The van der Waals surface area contributed by atoms with Gasteiger partial charge < -0.3 is 10.4 Å². The molecular formula is C10H9BrClF4NO. The van der Waals surface area contributed by atoms with Crippen LogP contribution in [0.25, 0.3) is 0 Å². The van der Waals surface area contributed by atoms with Crippen molar-refractivity contribution in [2.45, 2.75) is 12.3 Å². The lowest BCUT2D eigenvalue weighted by molar-refractivity contribution is -0.139. The quantitative estimate of drug-likeness (QED) is 0.642. The van der Waals surface area contributed by atoms with Crippen LogP contribution in [0.5, 0.6) is 0 Å². The van der Waals surface area contributed by atoms with E-state index in [4.69, 9.17) is 16.7 Å². The van der Waals surface area contributed by atoms with Crippen LogP contribution in [-0.4, -0.2) is 23.6 Å². The van der Waals surface area contributed by atoms with Gasteiger partial charge in [0, 0.05) is 12.2 Å². The monoisotopic (exact) mass is 349 g/mol. The molecular weight excluding hydrogens is 341 g/mol. The van der Waals surface area contributed by atoms with Crippen molar-refractivity contribution in [1.29, 1.82) is 0 Å². The Balaban J connectivity index is 3.08. The number of halogens is 6. The summed E-state index contributed by atoms with van der Waals surface area (Å²) < 4.78 is 51.3. The topological polar surface area (TPSA) is 32.3 Å². The molecule has 102 valence electrons. The van der Waals surface area contributed by atoms with Gasteiger partial charge in [-0.1, -0.05) is 0 Å². The first kappa shape index (κ1) is 15.5. The van der Waals surface area contributed by atoms with Crippen LogP contribution < -0.4 is 5.32 Å². The second kappa shape index (κ2) is 6.08. The number of hydrogen-bond acceptors (Lipinski definition) is 2. The van der Waals surface area contributed by atoms with Gasteiger partial charge in [0.1, 0.15) is 5.56 Å². The van der Waals surface area contributed by atoms with Crippen LogP contribution in [0, 0.1) is 5.82 Å². The summed E-state index contributed by atoms with van der Waals surface area (Å²) in [5.41, 5.74) is -1.84. The number of hydrogen-bond donors (Lipinski definition) is 2. The fourth-order valence-corrected chi connectivity index (χ4v) is 1.70. The highest BCUT2D eigenvalue weighted by Crippen LogP contribution is 2.39. The van der Waals surface area contributed by atoms with Crippen molar-refractivity contribution < 1.29 is 22.7 Å². The zero-order valence-corrected chi connectivity index (χ0v) is 11.2. The lowest BCUT2D eigenvalue weighted by Crippen LogP contribution is -2.23. The predicted octanol–water partition coefficient (Wildman–Crippen LogP) is 3.62. The Labute approximate surface area is 114 Å². The minimum absolute atomic E-state index is 0.132. The molecule has 2 N–H and O–H groups in total. The van der Waals surface area contributed by atoms with Gasteiger partial charge in [0.05, 0.1) is 16.5 Å². The largest absolute Gasteiger partial charge is 0.421 e. The zero-order valence-electron chi connectivity index (χ0n) is 8.86. The molecule has 0 saturated heterocycles. The minimum atomic E-state index is -4.83. The number of nitrogens with one attached hydrogen (secondary N) is 1. The number of aliphatic hydroxyl groups excluding tert-OH is 1. The Morgan fingerprint density at radius 2 is 2.00 bits per heavy atom. The molecule has 0 aliphatic heterocycles. The molecule has 0 aliphatic rings. The van der Waals surface area contributed by atoms with Crippen LogP contribution in [0.4, 0.5) is 23.2 Å². The van der Waals surface area contributed by atoms with Gasteiger partial charge >= 0.3 is 6.18 Å². The smallest absolute Gasteiger partial charge is 0.390 e. The summed E-state index contributed by atoms with van der Waals surface area (Å²) in [6.07, 6.45) is -5.85. The molecule has 0 heterocycles. The molecule has 0 amide bonds. The van der Waals surface area contributed by atoms with Crippen LogP contribution in [-0.2, 0) is 6.18 Å². The number of aliphatic hydroxyl groups is 1. The molecule has 0 saturated carbocycles. The molecule has 2 nitrogen and oxygen atoms in total. The number of anilines is 1. The molecule has 1 aromatic rings. The third kappa shape index (κ3) is 3.73. The molecule has 1 rings (SSSR count). The number of alkyl halides is 4. The maximum absolute atomic E-state index is 13.5. The molecule has 1 unspecified atom stereocenters. The molecule has 0 spiro atoms. The Morgan fingerprint density at radius 3 is 2.50 bits per heavy atom. The van der Waals surface area contributed by atoms with Crippen LogP contribution in [0.2, 0.25) is 0 Å². The highest BCUT2D eigenvalue weighted by molar-refractivity contribution is 9.10. The van der Waals surface area contributed by atoms with Gasteiger partial charge in [0.25, 0.3) is 0 Å². The molecule has 0 aliphatic carbocycles. The van der Waals surface area contributed by atoms with Crippen molar-refractivity contribution >= 4 is 33.2 Å². The van der Waals surface area contributed by atoms with Gasteiger partial charge in [0.15, 0.2) is 5.82 Å². The maximum Gasteiger partial charge on any atom is 0.421 e. The normalized spacial score (nSPS) is 13.5. The highest BCUT2D eigenvalue weighted by atomic mass is 79.9. The van der Waals surface area contributed by atoms with Crippen molar-refractivity contribution in [3.05, 3.63) is 28.0 Å². The van der Waals surface area contributed by atoms with Crippen LogP contribution >= 0.6 is 27.5 Å². The molecule has 0 fully saturated rings. The summed E-state index contributed by atoms with van der Waals surface area (Å²) in [5, 5.41) is 11.5. The average molecular weight is 351 g/mol. The second-order valence-corrected chi connectivity index (χ2v) is 4.63. The van der Waals surface area contributed by atoms with Gasteiger partial charge in [0.2, 0.25) is 0 Å². The third-order valence-corrected chi connectivity index (χ3v) is 3.05.